The number of methoxy groups -OCH3 is 1. The van der Waals surface area contributed by atoms with Crippen LogP contribution in [0.2, 0.25) is 13.6 Å². The zero-order chi connectivity index (χ0) is 36.2. The lowest BCUT2D eigenvalue weighted by molar-refractivity contribution is -0.665. The molecule has 1 aliphatic carbocycles. The van der Waals surface area contributed by atoms with Crippen LogP contribution in [0.25, 0.3) is 16.3 Å². The largest absolute Gasteiger partial charge is 0.497 e. The second-order valence-corrected chi connectivity index (χ2v) is 15.5. The molecule has 7 heteroatoms. The van der Waals surface area contributed by atoms with Crippen LogP contribution in [0, 0.1) is 5.41 Å². The first kappa shape index (κ1) is 38.1. The van der Waals surface area contributed by atoms with Gasteiger partial charge < -0.3 is 9.64 Å². The number of hydrogen-bond donors (Lipinski definition) is 0. The molecule has 1 aliphatic heterocycles. The van der Waals surface area contributed by atoms with E-state index in [4.69, 9.17) is 4.74 Å². The SMILES string of the molecule is CC[n+]1c(C=CC=C2C=C(C=C3Sc4ccccc4N3C)CC(C)(C)C2)sc2ccccc21.C[B]c1ccc(OC)cc1.C[B]c1ccccc1. The highest BCUT2D eigenvalue weighted by atomic mass is 32.2. The van der Waals surface area contributed by atoms with Crippen LogP contribution in [0.15, 0.2) is 149 Å². The third kappa shape index (κ3) is 10.4. The summed E-state index contributed by atoms with van der Waals surface area (Å²) in [7, 11) is 7.98. The standard InChI is InChI=1S/C29H31N2S2.C8H10BO.C7H8B/c1-5-31-24-13-7-9-15-26(24)32-27(31)16-10-11-21-17-22(20-29(2,3)19-21)18-28-30(4)23-12-6-8-14-25(23)33-28;1-9-7-3-5-8(10-2)6-4-7;1-8-7-5-3-2-4-6-7/h6-18H,5,19-20H2,1-4H3;3-6H,1-2H3;2-6H,1H3/q+1;;. The van der Waals surface area contributed by atoms with Crippen molar-refractivity contribution in [3.63, 3.8) is 0 Å². The first-order valence-corrected chi connectivity index (χ1v) is 19.4. The van der Waals surface area contributed by atoms with Gasteiger partial charge in [0, 0.05) is 24.1 Å². The summed E-state index contributed by atoms with van der Waals surface area (Å²) in [5.74, 6) is 0.908. The average molecular weight is 708 g/mol. The second-order valence-electron chi connectivity index (χ2n) is 13.4. The van der Waals surface area contributed by atoms with Crippen LogP contribution < -0.4 is 25.1 Å². The Morgan fingerprint density at radius 2 is 1.51 bits per heavy atom. The zero-order valence-corrected chi connectivity index (χ0v) is 32.7. The number of aryl methyl sites for hydroxylation is 1. The van der Waals surface area contributed by atoms with Gasteiger partial charge in [-0.1, -0.05) is 146 Å². The maximum Gasteiger partial charge on any atom is 0.262 e. The number of nitrogens with zero attached hydrogens (tertiary/aromatic N) is 2. The highest BCUT2D eigenvalue weighted by Crippen LogP contribution is 2.46. The fourth-order valence-electron chi connectivity index (χ4n) is 6.31. The molecule has 2 radical (unpaired) electrons. The van der Waals surface area contributed by atoms with Crippen molar-refractivity contribution in [2.45, 2.75) is 58.7 Å². The minimum atomic E-state index is 0.260. The lowest BCUT2D eigenvalue weighted by atomic mass is 9.73. The normalized spacial score (nSPS) is 16.2. The van der Waals surface area contributed by atoms with Gasteiger partial charge in [-0.05, 0) is 72.7 Å². The molecule has 0 saturated carbocycles. The van der Waals surface area contributed by atoms with Gasteiger partial charge in [-0.25, -0.2) is 0 Å². The van der Waals surface area contributed by atoms with Gasteiger partial charge in [0.25, 0.3) is 5.01 Å². The molecule has 0 amide bonds. The van der Waals surface area contributed by atoms with Crippen LogP contribution in [0.3, 0.4) is 0 Å². The number of para-hydroxylation sites is 2. The Labute approximate surface area is 316 Å². The van der Waals surface area contributed by atoms with Crippen molar-refractivity contribution in [2.75, 3.05) is 19.1 Å². The Hall–Kier alpha value is -4.19. The van der Waals surface area contributed by atoms with E-state index in [2.05, 4.69) is 143 Å². The number of hydrogen-bond acceptors (Lipinski definition) is 4. The molecular formula is C44H49B2N2OS2+. The van der Waals surface area contributed by atoms with Crippen molar-refractivity contribution in [1.82, 2.24) is 0 Å². The number of ether oxygens (including phenoxy) is 1. The molecule has 2 heterocycles. The van der Waals surface area contributed by atoms with Gasteiger partial charge in [-0.3, -0.25) is 0 Å². The van der Waals surface area contributed by atoms with E-state index < -0.39 is 0 Å². The molecule has 0 atom stereocenters. The molecule has 7 rings (SSSR count). The van der Waals surface area contributed by atoms with Gasteiger partial charge in [-0.2, -0.15) is 4.57 Å². The van der Waals surface area contributed by atoms with Gasteiger partial charge in [0.15, 0.2) is 0 Å². The first-order chi connectivity index (χ1) is 24.7. The van der Waals surface area contributed by atoms with Crippen LogP contribution >= 0.6 is 23.1 Å². The summed E-state index contributed by atoms with van der Waals surface area (Å²) in [6.07, 6.45) is 13.8. The predicted molar refractivity (Wildman–Crippen MR) is 227 cm³/mol. The molecule has 1 aromatic heterocycles. The quantitative estimate of drug-likeness (QED) is 0.124. The summed E-state index contributed by atoms with van der Waals surface area (Å²) in [5.41, 5.74) is 8.21. The Kier molecular flexibility index (Phi) is 13.7. The Balaban J connectivity index is 0.000000228. The summed E-state index contributed by atoms with van der Waals surface area (Å²) < 4.78 is 8.74. The maximum absolute atomic E-state index is 5.00. The van der Waals surface area contributed by atoms with E-state index in [1.165, 1.54) is 52.9 Å². The van der Waals surface area contributed by atoms with E-state index >= 15 is 0 Å². The van der Waals surface area contributed by atoms with E-state index in [0.29, 0.717) is 0 Å². The highest BCUT2D eigenvalue weighted by Gasteiger charge is 2.27. The molecule has 3 nitrogen and oxygen atoms in total. The smallest absolute Gasteiger partial charge is 0.262 e. The van der Waals surface area contributed by atoms with E-state index in [0.717, 1.165) is 25.1 Å². The number of thiazole rings is 1. The summed E-state index contributed by atoms with van der Waals surface area (Å²) >= 11 is 3.74. The molecule has 0 fully saturated rings. The molecule has 0 spiro atoms. The van der Waals surface area contributed by atoms with Crippen LogP contribution in [0.5, 0.6) is 5.75 Å². The van der Waals surface area contributed by atoms with Crippen molar-refractivity contribution in [1.29, 1.82) is 0 Å². The van der Waals surface area contributed by atoms with Crippen LogP contribution in [0.4, 0.5) is 5.69 Å². The van der Waals surface area contributed by atoms with Crippen LogP contribution in [0.1, 0.15) is 38.6 Å². The first-order valence-electron chi connectivity index (χ1n) is 17.7. The molecule has 0 saturated heterocycles. The van der Waals surface area contributed by atoms with Crippen molar-refractivity contribution in [3.8, 4) is 5.75 Å². The molecule has 5 aromatic rings. The van der Waals surface area contributed by atoms with Crippen molar-refractivity contribution in [2.24, 2.45) is 5.41 Å². The number of benzene rings is 4. The summed E-state index contributed by atoms with van der Waals surface area (Å²) in [6.45, 7) is 12.0. The molecule has 2 aliphatic rings. The summed E-state index contributed by atoms with van der Waals surface area (Å²) in [6, 6.07) is 35.6. The summed E-state index contributed by atoms with van der Waals surface area (Å²) in [4.78, 5) is 3.66. The molecule has 0 bridgehead atoms. The number of rotatable bonds is 7. The number of anilines is 1. The van der Waals surface area contributed by atoms with E-state index in [9.17, 15) is 0 Å². The Bertz CT molecular complexity index is 1990. The third-order valence-corrected chi connectivity index (χ3v) is 11.2. The maximum atomic E-state index is 5.00. The van der Waals surface area contributed by atoms with Crippen molar-refractivity contribution < 1.29 is 9.30 Å². The third-order valence-electron chi connectivity index (χ3n) is 8.90. The number of aromatic nitrogens is 1. The van der Waals surface area contributed by atoms with E-state index in [-0.39, 0.29) is 5.41 Å². The molecule has 0 N–H and O–H groups in total. The lowest BCUT2D eigenvalue weighted by Gasteiger charge is -2.30. The van der Waals surface area contributed by atoms with E-state index in [1.807, 2.05) is 79.2 Å². The van der Waals surface area contributed by atoms with Crippen molar-refractivity contribution >= 4 is 70.6 Å². The molecule has 4 aromatic carbocycles. The van der Waals surface area contributed by atoms with Crippen LogP contribution in [-0.4, -0.2) is 28.7 Å². The topological polar surface area (TPSA) is 16.4 Å². The number of allylic oxidation sites excluding steroid dienone is 6. The fourth-order valence-corrected chi connectivity index (χ4v) is 8.58. The van der Waals surface area contributed by atoms with E-state index in [1.54, 1.807) is 7.11 Å². The predicted octanol–water partition coefficient (Wildman–Crippen LogP) is 10.1. The molecule has 51 heavy (non-hydrogen) atoms. The van der Waals surface area contributed by atoms with Gasteiger partial charge >= 0.3 is 0 Å². The lowest BCUT2D eigenvalue weighted by Crippen LogP contribution is -2.33. The second kappa shape index (κ2) is 18.3. The highest BCUT2D eigenvalue weighted by molar-refractivity contribution is 8.03. The van der Waals surface area contributed by atoms with Crippen LogP contribution in [-0.2, 0) is 6.54 Å². The minimum Gasteiger partial charge on any atom is -0.497 e. The molecular weight excluding hydrogens is 658 g/mol. The van der Waals surface area contributed by atoms with Gasteiger partial charge in [0.2, 0.25) is 5.52 Å². The molecule has 258 valence electrons. The Morgan fingerprint density at radius 1 is 0.843 bits per heavy atom. The van der Waals surface area contributed by atoms with Gasteiger partial charge in [0.1, 0.15) is 31.6 Å². The monoisotopic (exact) mass is 707 g/mol. The minimum absolute atomic E-state index is 0.260. The van der Waals surface area contributed by atoms with Crippen molar-refractivity contribution in [3.05, 3.63) is 149 Å². The average Bonchev–Trinajstić information content (AvgIpc) is 3.67. The Morgan fingerprint density at radius 3 is 2.18 bits per heavy atom. The van der Waals surface area contributed by atoms with Gasteiger partial charge in [0.05, 0.1) is 17.8 Å². The fraction of sp³-hybridized carbons (Fsp3) is 0.250. The summed E-state index contributed by atoms with van der Waals surface area (Å²) in [5, 5.41) is 2.61. The molecule has 0 unspecified atom stereocenters. The number of fused-ring (bicyclic) bond motifs is 2. The zero-order valence-electron chi connectivity index (χ0n) is 31.1. The van der Waals surface area contributed by atoms with Gasteiger partial charge in [-0.15, -0.1) is 0 Å². The number of thioether (sulfide) groups is 1.